The number of benzene rings is 2. The third-order valence-electron chi connectivity index (χ3n) is 3.85. The Kier molecular flexibility index (Phi) is 6.65. The van der Waals surface area contributed by atoms with Gasteiger partial charge in [-0.25, -0.2) is 4.99 Å². The third-order valence-corrected chi connectivity index (χ3v) is 3.85. The van der Waals surface area contributed by atoms with E-state index in [0.29, 0.717) is 12.5 Å². The van der Waals surface area contributed by atoms with Gasteiger partial charge < -0.3 is 11.1 Å². The summed E-state index contributed by atoms with van der Waals surface area (Å²) in [6.07, 6.45) is 7.68. The zero-order chi connectivity index (χ0) is 15.2. The predicted octanol–water partition coefficient (Wildman–Crippen LogP) is 4.23. The van der Waals surface area contributed by atoms with Crippen LogP contribution in [0.1, 0.15) is 23.1 Å². The first kappa shape index (κ1) is 17.5. The maximum absolute atomic E-state index is 5.94. The van der Waals surface area contributed by atoms with Gasteiger partial charge in [-0.2, -0.15) is 0 Å². The van der Waals surface area contributed by atoms with Crippen molar-refractivity contribution in [2.75, 3.05) is 11.9 Å². The molecule has 0 saturated carbocycles. The van der Waals surface area contributed by atoms with Gasteiger partial charge in [0.1, 0.15) is 0 Å². The molecule has 0 aromatic heterocycles. The van der Waals surface area contributed by atoms with E-state index in [1.807, 2.05) is 30.4 Å². The Morgan fingerprint density at radius 1 is 1.09 bits per heavy atom. The van der Waals surface area contributed by atoms with Crippen LogP contribution in [0, 0.1) is 0 Å². The molecular formula is C19H22IN3. The van der Waals surface area contributed by atoms with E-state index in [2.05, 4.69) is 40.6 Å². The zero-order valence-corrected chi connectivity index (χ0v) is 15.4. The molecule has 0 aliphatic heterocycles. The number of aryl methyl sites for hydroxylation is 2. The standard InChI is InChI=1S/C19H21N3.HI/c20-19(21-13-5-8-15-6-2-1-3-7-15)22-18-12-11-16-9-4-10-17(16)14-18;/h1-3,5-8,11-12,14H,4,9-10,13H2,(H3,20,21,22);1H. The third kappa shape index (κ3) is 5.10. The van der Waals surface area contributed by atoms with Crippen molar-refractivity contribution in [1.29, 1.82) is 0 Å². The topological polar surface area (TPSA) is 50.4 Å². The quantitative estimate of drug-likeness (QED) is 0.443. The molecule has 0 spiro atoms. The Hall–Kier alpha value is -1.82. The lowest BCUT2D eigenvalue weighted by molar-refractivity contribution is 0.912. The van der Waals surface area contributed by atoms with E-state index in [1.165, 1.54) is 36.0 Å². The molecule has 1 aliphatic carbocycles. The molecule has 0 radical (unpaired) electrons. The fourth-order valence-electron chi connectivity index (χ4n) is 2.74. The van der Waals surface area contributed by atoms with Crippen molar-refractivity contribution in [2.45, 2.75) is 19.3 Å². The minimum Gasteiger partial charge on any atom is -0.370 e. The van der Waals surface area contributed by atoms with Gasteiger partial charge >= 0.3 is 0 Å². The minimum atomic E-state index is 0. The molecule has 3 rings (SSSR count). The summed E-state index contributed by atoms with van der Waals surface area (Å²) in [4.78, 5) is 4.32. The number of nitrogens with one attached hydrogen (secondary N) is 1. The molecular weight excluding hydrogens is 397 g/mol. The summed E-state index contributed by atoms with van der Waals surface area (Å²) in [6.45, 7) is 0.568. The van der Waals surface area contributed by atoms with E-state index in [4.69, 9.17) is 5.73 Å². The maximum Gasteiger partial charge on any atom is 0.193 e. The number of nitrogens with zero attached hydrogens (tertiary/aromatic N) is 1. The van der Waals surface area contributed by atoms with Crippen molar-refractivity contribution in [3.05, 3.63) is 71.3 Å². The maximum atomic E-state index is 5.94. The van der Waals surface area contributed by atoms with Crippen LogP contribution in [0.4, 0.5) is 5.69 Å². The van der Waals surface area contributed by atoms with Crippen molar-refractivity contribution in [3.63, 3.8) is 0 Å². The zero-order valence-electron chi connectivity index (χ0n) is 13.0. The highest BCUT2D eigenvalue weighted by Crippen LogP contribution is 2.24. The number of rotatable bonds is 4. The molecule has 0 unspecified atom stereocenters. The summed E-state index contributed by atoms with van der Waals surface area (Å²) in [6, 6.07) is 16.6. The molecule has 0 saturated heterocycles. The van der Waals surface area contributed by atoms with Crippen LogP contribution in [-0.4, -0.2) is 12.5 Å². The van der Waals surface area contributed by atoms with Crippen molar-refractivity contribution in [2.24, 2.45) is 10.7 Å². The minimum absolute atomic E-state index is 0. The van der Waals surface area contributed by atoms with Crippen LogP contribution in [0.25, 0.3) is 6.08 Å². The van der Waals surface area contributed by atoms with Gasteiger partial charge in [0.2, 0.25) is 0 Å². The molecule has 3 nitrogen and oxygen atoms in total. The lowest BCUT2D eigenvalue weighted by atomic mass is 10.1. The normalized spacial score (nSPS) is 13.7. The molecule has 23 heavy (non-hydrogen) atoms. The first-order valence-electron chi connectivity index (χ1n) is 7.71. The first-order chi connectivity index (χ1) is 10.8. The van der Waals surface area contributed by atoms with Gasteiger partial charge in [-0.1, -0.05) is 48.6 Å². The number of hydrogen-bond donors (Lipinski definition) is 2. The van der Waals surface area contributed by atoms with E-state index in [1.54, 1.807) is 0 Å². The molecule has 120 valence electrons. The van der Waals surface area contributed by atoms with E-state index >= 15 is 0 Å². The highest BCUT2D eigenvalue weighted by molar-refractivity contribution is 14.0. The summed E-state index contributed by atoms with van der Waals surface area (Å²) >= 11 is 0. The molecule has 0 atom stereocenters. The van der Waals surface area contributed by atoms with E-state index < -0.39 is 0 Å². The van der Waals surface area contributed by atoms with E-state index in [9.17, 15) is 0 Å². The second kappa shape index (κ2) is 8.72. The Morgan fingerprint density at radius 2 is 1.87 bits per heavy atom. The van der Waals surface area contributed by atoms with Gasteiger partial charge in [-0.3, -0.25) is 0 Å². The molecule has 2 aromatic carbocycles. The highest BCUT2D eigenvalue weighted by atomic mass is 127. The summed E-state index contributed by atoms with van der Waals surface area (Å²) in [5.41, 5.74) is 11.0. The fourth-order valence-corrected chi connectivity index (χ4v) is 2.74. The van der Waals surface area contributed by atoms with Crippen LogP contribution in [0.15, 0.2) is 59.6 Å². The number of hydrogen-bond acceptors (Lipinski definition) is 1. The van der Waals surface area contributed by atoms with Gasteiger partial charge in [0.15, 0.2) is 5.96 Å². The van der Waals surface area contributed by atoms with Crippen molar-refractivity contribution >= 4 is 41.7 Å². The van der Waals surface area contributed by atoms with Gasteiger partial charge in [-0.15, -0.1) is 24.0 Å². The molecule has 4 heteroatoms. The van der Waals surface area contributed by atoms with Gasteiger partial charge in [0, 0.05) is 5.69 Å². The summed E-state index contributed by atoms with van der Waals surface area (Å²) < 4.78 is 0. The molecule has 3 N–H and O–H groups in total. The number of nitrogens with two attached hydrogens (primary N) is 1. The lowest BCUT2D eigenvalue weighted by Crippen LogP contribution is -2.22. The average molecular weight is 419 g/mol. The van der Waals surface area contributed by atoms with Crippen LogP contribution in [-0.2, 0) is 12.8 Å². The molecule has 0 bridgehead atoms. The Labute approximate surface area is 154 Å². The molecule has 2 aromatic rings. The first-order valence-corrected chi connectivity index (χ1v) is 7.71. The monoisotopic (exact) mass is 419 g/mol. The van der Waals surface area contributed by atoms with Crippen molar-refractivity contribution < 1.29 is 0 Å². The molecule has 0 heterocycles. The number of anilines is 1. The van der Waals surface area contributed by atoms with Crippen LogP contribution in [0.5, 0.6) is 0 Å². The Balaban J connectivity index is 0.00000192. The van der Waals surface area contributed by atoms with Crippen LogP contribution < -0.4 is 11.1 Å². The second-order valence-corrected chi connectivity index (χ2v) is 5.50. The number of fused-ring (bicyclic) bond motifs is 1. The van der Waals surface area contributed by atoms with Crippen LogP contribution in [0.3, 0.4) is 0 Å². The summed E-state index contributed by atoms with van der Waals surface area (Å²) in [7, 11) is 0. The fraction of sp³-hybridized carbons (Fsp3) is 0.211. The molecule has 1 aliphatic rings. The smallest absolute Gasteiger partial charge is 0.193 e. The second-order valence-electron chi connectivity index (χ2n) is 5.50. The number of halogens is 1. The number of aliphatic imine (C=N–C) groups is 1. The molecule has 0 fully saturated rings. The Bertz CT molecular complexity index is 693. The predicted molar refractivity (Wildman–Crippen MR) is 109 cm³/mol. The summed E-state index contributed by atoms with van der Waals surface area (Å²) in [5, 5.41) is 3.16. The SMILES string of the molecule is I.NC(=NCC=Cc1ccccc1)Nc1ccc2c(c1)CCC2. The van der Waals surface area contributed by atoms with E-state index in [0.717, 1.165) is 5.69 Å². The lowest BCUT2D eigenvalue weighted by Gasteiger charge is -2.07. The largest absolute Gasteiger partial charge is 0.370 e. The van der Waals surface area contributed by atoms with Gasteiger partial charge in [0.25, 0.3) is 0 Å². The molecule has 0 amide bonds. The number of guanidine groups is 1. The Morgan fingerprint density at radius 3 is 2.70 bits per heavy atom. The van der Waals surface area contributed by atoms with Crippen LogP contribution in [0.2, 0.25) is 0 Å². The average Bonchev–Trinajstić information content (AvgIpc) is 3.00. The van der Waals surface area contributed by atoms with E-state index in [-0.39, 0.29) is 24.0 Å². The van der Waals surface area contributed by atoms with Crippen molar-refractivity contribution in [1.82, 2.24) is 0 Å². The van der Waals surface area contributed by atoms with Gasteiger partial charge in [0.05, 0.1) is 6.54 Å². The van der Waals surface area contributed by atoms with Crippen molar-refractivity contribution in [3.8, 4) is 0 Å². The van der Waals surface area contributed by atoms with Crippen LogP contribution >= 0.6 is 24.0 Å². The summed E-state index contributed by atoms with van der Waals surface area (Å²) in [5.74, 6) is 0.454. The van der Waals surface area contributed by atoms with Gasteiger partial charge in [-0.05, 0) is 48.1 Å². The highest BCUT2D eigenvalue weighted by Gasteiger charge is 2.10.